The van der Waals surface area contributed by atoms with Gasteiger partial charge in [0.2, 0.25) is 0 Å². The molecular formula is C18H12BrF2NO3S. The van der Waals surface area contributed by atoms with Crippen LogP contribution in [0.4, 0.5) is 8.78 Å². The molecule has 2 aromatic heterocycles. The molecule has 1 aromatic carbocycles. The third-order valence-electron chi connectivity index (χ3n) is 3.52. The van der Waals surface area contributed by atoms with Gasteiger partial charge in [0.1, 0.15) is 34.6 Å². The van der Waals surface area contributed by atoms with E-state index in [1.165, 1.54) is 18.2 Å². The molecule has 2 heterocycles. The van der Waals surface area contributed by atoms with Crippen LogP contribution in [0.5, 0.6) is 5.75 Å². The summed E-state index contributed by atoms with van der Waals surface area (Å²) in [6, 6.07) is 6.37. The van der Waals surface area contributed by atoms with Gasteiger partial charge in [0.05, 0.1) is 0 Å². The molecular weight excluding hydrogens is 428 g/mol. The standard InChI is InChI=1S/C18H12BrF2NO3S/c1-9-14(6-16(26-9)18(23)24)17-15(4-11(19)7-22-17)25-8-10-2-12(20)5-13(21)3-10/h2-7H,8H2,1H3,(H,23,24). The summed E-state index contributed by atoms with van der Waals surface area (Å²) in [5.74, 6) is -2.01. The lowest BCUT2D eigenvalue weighted by Crippen LogP contribution is -2.00. The first kappa shape index (κ1) is 18.5. The van der Waals surface area contributed by atoms with E-state index in [1.54, 1.807) is 19.2 Å². The fraction of sp³-hybridized carbons (Fsp3) is 0.111. The summed E-state index contributed by atoms with van der Waals surface area (Å²) in [5.41, 5.74) is 1.44. The second-order valence-corrected chi connectivity index (χ2v) is 7.62. The third kappa shape index (κ3) is 4.08. The van der Waals surface area contributed by atoms with E-state index in [4.69, 9.17) is 9.84 Å². The average molecular weight is 440 g/mol. The topological polar surface area (TPSA) is 59.4 Å². The van der Waals surface area contributed by atoms with Crippen LogP contribution in [-0.4, -0.2) is 16.1 Å². The van der Waals surface area contributed by atoms with Crippen molar-refractivity contribution < 1.29 is 23.4 Å². The Morgan fingerprint density at radius 2 is 1.92 bits per heavy atom. The Balaban J connectivity index is 1.95. The summed E-state index contributed by atoms with van der Waals surface area (Å²) in [6.45, 7) is 1.73. The predicted octanol–water partition coefficient (Wildman–Crippen LogP) is 5.44. The van der Waals surface area contributed by atoms with Crippen molar-refractivity contribution in [3.8, 4) is 17.0 Å². The number of thiophene rings is 1. The Morgan fingerprint density at radius 3 is 2.54 bits per heavy atom. The molecule has 1 N–H and O–H groups in total. The van der Waals surface area contributed by atoms with Crippen LogP contribution in [-0.2, 0) is 6.61 Å². The van der Waals surface area contributed by atoms with E-state index in [1.807, 2.05) is 0 Å². The number of hydrogen-bond donors (Lipinski definition) is 1. The quantitative estimate of drug-likeness (QED) is 0.575. The van der Waals surface area contributed by atoms with Gasteiger partial charge in [-0.25, -0.2) is 13.6 Å². The molecule has 0 amide bonds. The summed E-state index contributed by atoms with van der Waals surface area (Å²) in [7, 11) is 0. The highest BCUT2D eigenvalue weighted by Crippen LogP contribution is 2.36. The molecule has 0 aliphatic carbocycles. The van der Waals surface area contributed by atoms with E-state index in [2.05, 4.69) is 20.9 Å². The molecule has 0 unspecified atom stereocenters. The minimum atomic E-state index is -1.01. The van der Waals surface area contributed by atoms with Gasteiger partial charge < -0.3 is 9.84 Å². The van der Waals surface area contributed by atoms with Gasteiger partial charge in [0.15, 0.2) is 0 Å². The SMILES string of the molecule is Cc1sc(C(=O)O)cc1-c1ncc(Br)cc1OCc1cc(F)cc(F)c1. The van der Waals surface area contributed by atoms with E-state index < -0.39 is 17.6 Å². The molecule has 3 aromatic rings. The lowest BCUT2D eigenvalue weighted by atomic mass is 10.1. The first-order valence-corrected chi connectivity index (χ1v) is 9.02. The Labute approximate surface area is 160 Å². The van der Waals surface area contributed by atoms with Gasteiger partial charge in [-0.3, -0.25) is 4.98 Å². The summed E-state index contributed by atoms with van der Waals surface area (Å²) < 4.78 is 33.0. The fourth-order valence-electron chi connectivity index (χ4n) is 2.41. The van der Waals surface area contributed by atoms with Crippen LogP contribution >= 0.6 is 27.3 Å². The number of ether oxygens (including phenoxy) is 1. The first-order chi connectivity index (χ1) is 12.3. The van der Waals surface area contributed by atoms with Crippen LogP contribution in [0, 0.1) is 18.6 Å². The van der Waals surface area contributed by atoms with Gasteiger partial charge in [0.25, 0.3) is 0 Å². The number of pyridine rings is 1. The van der Waals surface area contributed by atoms with Crippen molar-refractivity contribution in [3.05, 3.63) is 68.0 Å². The number of aromatic carboxylic acids is 1. The number of carbonyl (C=O) groups is 1. The Hall–Kier alpha value is -2.32. The van der Waals surface area contributed by atoms with Gasteiger partial charge in [-0.2, -0.15) is 0 Å². The van der Waals surface area contributed by atoms with Crippen molar-refractivity contribution in [1.29, 1.82) is 0 Å². The van der Waals surface area contributed by atoms with Gasteiger partial charge in [-0.05, 0) is 52.7 Å². The Kier molecular flexibility index (Phi) is 5.33. The van der Waals surface area contributed by atoms with E-state index in [-0.39, 0.29) is 11.5 Å². The van der Waals surface area contributed by atoms with Crippen molar-refractivity contribution in [2.75, 3.05) is 0 Å². The van der Waals surface area contributed by atoms with E-state index in [0.29, 0.717) is 27.0 Å². The minimum Gasteiger partial charge on any atom is -0.487 e. The molecule has 0 bridgehead atoms. The molecule has 0 radical (unpaired) electrons. The fourth-order valence-corrected chi connectivity index (χ4v) is 3.58. The molecule has 26 heavy (non-hydrogen) atoms. The molecule has 3 rings (SSSR count). The van der Waals surface area contributed by atoms with Gasteiger partial charge >= 0.3 is 5.97 Å². The van der Waals surface area contributed by atoms with E-state index >= 15 is 0 Å². The maximum Gasteiger partial charge on any atom is 0.345 e. The number of hydrogen-bond acceptors (Lipinski definition) is 4. The molecule has 0 aliphatic heterocycles. The number of aromatic nitrogens is 1. The van der Waals surface area contributed by atoms with Crippen LogP contribution < -0.4 is 4.74 Å². The second-order valence-electron chi connectivity index (χ2n) is 5.45. The molecule has 0 atom stereocenters. The normalized spacial score (nSPS) is 10.8. The van der Waals surface area contributed by atoms with Crippen molar-refractivity contribution >= 4 is 33.2 Å². The van der Waals surface area contributed by atoms with Crippen LogP contribution in [0.2, 0.25) is 0 Å². The van der Waals surface area contributed by atoms with E-state index in [0.717, 1.165) is 22.3 Å². The molecule has 8 heteroatoms. The van der Waals surface area contributed by atoms with Crippen LogP contribution in [0.15, 0.2) is 41.0 Å². The van der Waals surface area contributed by atoms with Gasteiger partial charge in [0, 0.05) is 27.2 Å². The van der Waals surface area contributed by atoms with Crippen LogP contribution in [0.25, 0.3) is 11.3 Å². The number of aryl methyl sites for hydroxylation is 1. The zero-order valence-electron chi connectivity index (χ0n) is 13.4. The largest absolute Gasteiger partial charge is 0.487 e. The molecule has 0 fully saturated rings. The molecule has 0 saturated carbocycles. The molecule has 0 aliphatic rings. The number of nitrogens with zero attached hydrogens (tertiary/aromatic N) is 1. The van der Waals surface area contributed by atoms with Crippen LogP contribution in [0.1, 0.15) is 20.1 Å². The number of rotatable bonds is 5. The summed E-state index contributed by atoms with van der Waals surface area (Å²) in [5, 5.41) is 9.17. The number of benzene rings is 1. The van der Waals surface area contributed by atoms with Gasteiger partial charge in [-0.15, -0.1) is 11.3 Å². The smallest absolute Gasteiger partial charge is 0.345 e. The highest BCUT2D eigenvalue weighted by Gasteiger charge is 2.17. The van der Waals surface area contributed by atoms with Crippen LogP contribution in [0.3, 0.4) is 0 Å². The highest BCUT2D eigenvalue weighted by atomic mass is 79.9. The average Bonchev–Trinajstić information content (AvgIpc) is 2.94. The number of carboxylic acid groups (broad SMARTS) is 1. The van der Waals surface area contributed by atoms with Crippen molar-refractivity contribution in [2.45, 2.75) is 13.5 Å². The number of halogens is 3. The maximum atomic E-state index is 13.3. The van der Waals surface area contributed by atoms with Gasteiger partial charge in [-0.1, -0.05) is 0 Å². The summed E-state index contributed by atoms with van der Waals surface area (Å²) >= 11 is 4.45. The minimum absolute atomic E-state index is 0.0607. The molecule has 0 saturated heterocycles. The zero-order chi connectivity index (χ0) is 18.8. The Bertz CT molecular complexity index is 970. The Morgan fingerprint density at radius 1 is 1.23 bits per heavy atom. The summed E-state index contributed by atoms with van der Waals surface area (Å²) in [6.07, 6.45) is 1.57. The lowest BCUT2D eigenvalue weighted by Gasteiger charge is -2.11. The maximum absolute atomic E-state index is 13.3. The zero-order valence-corrected chi connectivity index (χ0v) is 15.8. The van der Waals surface area contributed by atoms with Crippen molar-refractivity contribution in [2.24, 2.45) is 0 Å². The molecule has 134 valence electrons. The molecule has 4 nitrogen and oxygen atoms in total. The third-order valence-corrected chi connectivity index (χ3v) is 4.99. The van der Waals surface area contributed by atoms with Crippen molar-refractivity contribution in [3.63, 3.8) is 0 Å². The lowest BCUT2D eigenvalue weighted by molar-refractivity contribution is 0.0702. The predicted molar refractivity (Wildman–Crippen MR) is 97.6 cm³/mol. The van der Waals surface area contributed by atoms with Crippen molar-refractivity contribution in [1.82, 2.24) is 4.98 Å². The molecule has 0 spiro atoms. The highest BCUT2D eigenvalue weighted by molar-refractivity contribution is 9.10. The first-order valence-electron chi connectivity index (χ1n) is 7.41. The summed E-state index contributed by atoms with van der Waals surface area (Å²) in [4.78, 5) is 16.5. The van der Waals surface area contributed by atoms with E-state index in [9.17, 15) is 13.6 Å². The second kappa shape index (κ2) is 7.51. The number of carboxylic acids is 1. The monoisotopic (exact) mass is 439 g/mol.